The number of nitrogens with zero attached hydrogens (tertiary/aromatic N) is 3. The van der Waals surface area contributed by atoms with Crippen LogP contribution in [-0.4, -0.2) is 47.4 Å². The van der Waals surface area contributed by atoms with Gasteiger partial charge in [-0.05, 0) is 52.1 Å². The Balaban J connectivity index is 2.73. The Morgan fingerprint density at radius 3 is 2.47 bits per heavy atom. The molecule has 0 aromatic carbocycles. The average Bonchev–Trinajstić information content (AvgIpc) is 2.34. The fourth-order valence-corrected chi connectivity index (χ4v) is 2.11. The van der Waals surface area contributed by atoms with Gasteiger partial charge < -0.3 is 4.90 Å². The summed E-state index contributed by atoms with van der Waals surface area (Å²) in [6.45, 7) is 9.44. The molecule has 0 radical (unpaired) electrons. The number of pyridine rings is 1. The average molecular weight is 263 g/mol. The van der Waals surface area contributed by atoms with E-state index in [2.05, 4.69) is 11.9 Å². The normalized spacial score (nSPS) is 12.6. The molecule has 0 bridgehead atoms. The topological polar surface area (TPSA) is 36.4 Å². The molecule has 0 fully saturated rings. The van der Waals surface area contributed by atoms with Gasteiger partial charge in [-0.1, -0.05) is 6.92 Å². The van der Waals surface area contributed by atoms with Crippen molar-refractivity contribution in [3.63, 3.8) is 0 Å². The molecule has 106 valence electrons. The van der Waals surface area contributed by atoms with Gasteiger partial charge in [0.05, 0.1) is 18.3 Å². The predicted molar refractivity (Wildman–Crippen MR) is 78.0 cm³/mol. The molecule has 0 aliphatic rings. The van der Waals surface area contributed by atoms with Gasteiger partial charge in [0.2, 0.25) is 5.91 Å². The van der Waals surface area contributed by atoms with Gasteiger partial charge in [-0.15, -0.1) is 0 Å². The third kappa shape index (κ3) is 4.31. The zero-order valence-electron chi connectivity index (χ0n) is 12.9. The third-order valence-corrected chi connectivity index (χ3v) is 3.44. The number of hydrogen-bond donors (Lipinski definition) is 0. The van der Waals surface area contributed by atoms with Crippen LogP contribution < -0.4 is 0 Å². The summed E-state index contributed by atoms with van der Waals surface area (Å²) < 4.78 is 0. The van der Waals surface area contributed by atoms with Gasteiger partial charge in [0, 0.05) is 12.7 Å². The van der Waals surface area contributed by atoms with E-state index in [1.165, 1.54) is 5.56 Å². The molecule has 1 aromatic rings. The molecule has 1 aromatic heterocycles. The molecule has 0 spiro atoms. The Kier molecular flexibility index (Phi) is 5.48. The van der Waals surface area contributed by atoms with Gasteiger partial charge in [-0.25, -0.2) is 0 Å². The Labute approximate surface area is 116 Å². The quantitative estimate of drug-likeness (QED) is 0.815. The first-order valence-corrected chi connectivity index (χ1v) is 6.74. The van der Waals surface area contributed by atoms with E-state index in [4.69, 9.17) is 0 Å². The van der Waals surface area contributed by atoms with Gasteiger partial charge in [0.25, 0.3) is 0 Å². The maximum absolute atomic E-state index is 12.3. The van der Waals surface area contributed by atoms with Crippen molar-refractivity contribution in [2.45, 2.75) is 40.3 Å². The first-order chi connectivity index (χ1) is 8.85. The molecule has 1 atom stereocenters. The Morgan fingerprint density at radius 2 is 1.95 bits per heavy atom. The van der Waals surface area contributed by atoms with Crippen molar-refractivity contribution in [2.75, 3.05) is 20.6 Å². The molecule has 0 aliphatic carbocycles. The first-order valence-electron chi connectivity index (χ1n) is 6.74. The molecule has 0 saturated carbocycles. The molecule has 0 unspecified atom stereocenters. The standard InChI is InChI=1S/C15H25N3O/c1-7-17(5)13(4)15(19)18(6)10-14-9-11(2)8-12(3)16-14/h8-9,13H,7,10H2,1-6H3/t13-/m0/s1. The second kappa shape index (κ2) is 6.66. The molecule has 0 aliphatic heterocycles. The van der Waals surface area contributed by atoms with Gasteiger partial charge in [-0.2, -0.15) is 0 Å². The van der Waals surface area contributed by atoms with Crippen LogP contribution in [0.1, 0.15) is 30.8 Å². The predicted octanol–water partition coefficient (Wildman–Crippen LogP) is 2.00. The van der Waals surface area contributed by atoms with Crippen LogP contribution in [0.4, 0.5) is 0 Å². The lowest BCUT2D eigenvalue weighted by molar-refractivity contribution is -0.135. The minimum atomic E-state index is -0.0964. The zero-order chi connectivity index (χ0) is 14.6. The van der Waals surface area contributed by atoms with Crippen molar-refractivity contribution in [3.8, 4) is 0 Å². The summed E-state index contributed by atoms with van der Waals surface area (Å²) in [5.41, 5.74) is 3.12. The monoisotopic (exact) mass is 263 g/mol. The van der Waals surface area contributed by atoms with Crippen molar-refractivity contribution >= 4 is 5.91 Å². The maximum Gasteiger partial charge on any atom is 0.239 e. The molecule has 0 saturated heterocycles. The van der Waals surface area contributed by atoms with Gasteiger partial charge >= 0.3 is 0 Å². The van der Waals surface area contributed by atoms with Crippen molar-refractivity contribution in [1.29, 1.82) is 0 Å². The van der Waals surface area contributed by atoms with Crippen LogP contribution in [0.2, 0.25) is 0 Å². The number of aromatic nitrogens is 1. The summed E-state index contributed by atoms with van der Waals surface area (Å²) in [6.07, 6.45) is 0. The van der Waals surface area contributed by atoms with E-state index in [1.54, 1.807) is 4.90 Å². The Bertz CT molecular complexity index is 425. The smallest absolute Gasteiger partial charge is 0.239 e. The molecule has 1 rings (SSSR count). The molecule has 1 heterocycles. The number of carbonyl (C=O) groups excluding carboxylic acids is 1. The lowest BCUT2D eigenvalue weighted by atomic mass is 10.2. The lowest BCUT2D eigenvalue weighted by Crippen LogP contribution is -2.43. The van der Waals surface area contributed by atoms with Crippen molar-refractivity contribution < 1.29 is 4.79 Å². The van der Waals surface area contributed by atoms with E-state index in [0.717, 1.165) is 17.9 Å². The highest BCUT2D eigenvalue weighted by Crippen LogP contribution is 2.08. The number of hydrogen-bond acceptors (Lipinski definition) is 3. The number of aryl methyl sites for hydroxylation is 2. The fourth-order valence-electron chi connectivity index (χ4n) is 2.11. The SMILES string of the molecule is CCN(C)[C@@H](C)C(=O)N(C)Cc1cc(C)cc(C)n1. The molecule has 0 N–H and O–H groups in total. The van der Waals surface area contributed by atoms with Crippen LogP contribution >= 0.6 is 0 Å². The van der Waals surface area contributed by atoms with Crippen LogP contribution in [0.15, 0.2) is 12.1 Å². The lowest BCUT2D eigenvalue weighted by Gasteiger charge is -2.27. The molecule has 4 nitrogen and oxygen atoms in total. The van der Waals surface area contributed by atoms with Crippen molar-refractivity contribution in [1.82, 2.24) is 14.8 Å². The number of likely N-dealkylation sites (N-methyl/N-ethyl adjacent to an activating group) is 2. The second-order valence-corrected chi connectivity index (χ2v) is 5.22. The van der Waals surface area contributed by atoms with E-state index in [1.807, 2.05) is 51.9 Å². The summed E-state index contributed by atoms with van der Waals surface area (Å²) in [4.78, 5) is 20.5. The number of carbonyl (C=O) groups is 1. The molecular formula is C15H25N3O. The number of rotatable bonds is 5. The van der Waals surface area contributed by atoms with Crippen LogP contribution in [-0.2, 0) is 11.3 Å². The van der Waals surface area contributed by atoms with Gasteiger partial charge in [0.15, 0.2) is 0 Å². The zero-order valence-corrected chi connectivity index (χ0v) is 12.9. The Morgan fingerprint density at radius 1 is 1.32 bits per heavy atom. The van der Waals surface area contributed by atoms with E-state index in [-0.39, 0.29) is 11.9 Å². The first kappa shape index (κ1) is 15.6. The van der Waals surface area contributed by atoms with Crippen LogP contribution in [0.5, 0.6) is 0 Å². The molecular weight excluding hydrogens is 238 g/mol. The summed E-state index contributed by atoms with van der Waals surface area (Å²) in [5.74, 6) is 0.130. The van der Waals surface area contributed by atoms with Crippen molar-refractivity contribution in [2.24, 2.45) is 0 Å². The summed E-state index contributed by atoms with van der Waals surface area (Å²) in [7, 11) is 3.80. The fraction of sp³-hybridized carbons (Fsp3) is 0.600. The van der Waals surface area contributed by atoms with Gasteiger partial charge in [0.1, 0.15) is 0 Å². The van der Waals surface area contributed by atoms with E-state index >= 15 is 0 Å². The molecule has 19 heavy (non-hydrogen) atoms. The van der Waals surface area contributed by atoms with E-state index in [0.29, 0.717) is 6.54 Å². The maximum atomic E-state index is 12.3. The highest BCUT2D eigenvalue weighted by molar-refractivity contribution is 5.81. The van der Waals surface area contributed by atoms with Crippen LogP contribution in [0.3, 0.4) is 0 Å². The molecule has 4 heteroatoms. The largest absolute Gasteiger partial charge is 0.339 e. The van der Waals surface area contributed by atoms with Crippen LogP contribution in [0, 0.1) is 13.8 Å². The van der Waals surface area contributed by atoms with E-state index in [9.17, 15) is 4.79 Å². The minimum Gasteiger partial charge on any atom is -0.339 e. The Hall–Kier alpha value is -1.42. The van der Waals surface area contributed by atoms with Crippen molar-refractivity contribution in [3.05, 3.63) is 29.1 Å². The van der Waals surface area contributed by atoms with E-state index < -0.39 is 0 Å². The third-order valence-electron chi connectivity index (χ3n) is 3.44. The summed E-state index contributed by atoms with van der Waals surface area (Å²) >= 11 is 0. The van der Waals surface area contributed by atoms with Gasteiger partial charge in [-0.3, -0.25) is 14.7 Å². The second-order valence-electron chi connectivity index (χ2n) is 5.22. The summed E-state index contributed by atoms with van der Waals surface area (Å²) in [6, 6.07) is 3.98. The highest BCUT2D eigenvalue weighted by Gasteiger charge is 2.20. The number of amides is 1. The highest BCUT2D eigenvalue weighted by atomic mass is 16.2. The summed E-state index contributed by atoms with van der Waals surface area (Å²) in [5, 5.41) is 0. The minimum absolute atomic E-state index is 0.0964. The van der Waals surface area contributed by atoms with Crippen LogP contribution in [0.25, 0.3) is 0 Å². The molecule has 1 amide bonds.